The van der Waals surface area contributed by atoms with Crippen LogP contribution in [0.2, 0.25) is 0 Å². The highest BCUT2D eigenvalue weighted by Crippen LogP contribution is 2.15. The van der Waals surface area contributed by atoms with Crippen molar-refractivity contribution in [3.05, 3.63) is 74.5 Å². The third-order valence-corrected chi connectivity index (χ3v) is 4.49. The molecule has 2 aromatic heterocycles. The van der Waals surface area contributed by atoms with Gasteiger partial charge in [0.1, 0.15) is 0 Å². The molecule has 0 aliphatic carbocycles. The average Bonchev–Trinajstić information content (AvgIpc) is 2.99. The molecule has 4 heteroatoms. The topological polar surface area (TPSA) is 34.4 Å². The molecule has 0 atom stereocenters. The van der Waals surface area contributed by atoms with Gasteiger partial charge in [0.05, 0.1) is 15.6 Å². The van der Waals surface area contributed by atoms with Crippen molar-refractivity contribution >= 4 is 33.4 Å². The molecule has 0 fully saturated rings. The van der Waals surface area contributed by atoms with Gasteiger partial charge in [-0.2, -0.15) is 0 Å². The van der Waals surface area contributed by atoms with Crippen molar-refractivity contribution in [3.63, 3.8) is 0 Å². The number of hydrogen-bond donors (Lipinski definition) is 0. The summed E-state index contributed by atoms with van der Waals surface area (Å²) in [6.07, 6.45) is 1.93. The van der Waals surface area contributed by atoms with Crippen LogP contribution in [0.15, 0.2) is 53.3 Å². The molecule has 0 spiro atoms. The minimum Gasteiger partial charge on any atom is -0.267 e. The van der Waals surface area contributed by atoms with Crippen molar-refractivity contribution < 1.29 is 0 Å². The molecule has 0 aliphatic heterocycles. The number of para-hydroxylation sites is 2. The van der Waals surface area contributed by atoms with Gasteiger partial charge in [-0.3, -0.25) is 4.79 Å². The van der Waals surface area contributed by atoms with Gasteiger partial charge in [0.25, 0.3) is 5.56 Å². The third-order valence-electron chi connectivity index (χ3n) is 3.52. The number of benzene rings is 2. The lowest BCUT2D eigenvalue weighted by molar-refractivity contribution is 1.19. The van der Waals surface area contributed by atoms with Gasteiger partial charge in [-0.1, -0.05) is 53.3 Å². The Balaban J connectivity index is 2.00. The molecule has 4 rings (SSSR count). The lowest BCUT2D eigenvalue weighted by Crippen LogP contribution is -2.22. The van der Waals surface area contributed by atoms with Crippen molar-refractivity contribution in [2.45, 2.75) is 6.92 Å². The Bertz CT molecular complexity index is 1060. The van der Waals surface area contributed by atoms with Crippen molar-refractivity contribution in [3.8, 4) is 0 Å². The fourth-order valence-electron chi connectivity index (χ4n) is 2.43. The van der Waals surface area contributed by atoms with E-state index in [2.05, 4.69) is 4.98 Å². The summed E-state index contributed by atoms with van der Waals surface area (Å²) in [5, 5.41) is 0. The predicted molar refractivity (Wildman–Crippen MR) is 86.8 cm³/mol. The second-order valence-corrected chi connectivity index (χ2v) is 6.05. The fraction of sp³-hybridized carbons (Fsp3) is 0.0588. The molecule has 21 heavy (non-hydrogen) atoms. The van der Waals surface area contributed by atoms with E-state index in [4.69, 9.17) is 0 Å². The Kier molecular flexibility index (Phi) is 2.65. The van der Waals surface area contributed by atoms with E-state index in [1.165, 1.54) is 16.9 Å². The predicted octanol–water partition coefficient (Wildman–Crippen LogP) is 2.77. The molecule has 2 heterocycles. The van der Waals surface area contributed by atoms with Crippen molar-refractivity contribution in [1.29, 1.82) is 0 Å². The molecule has 102 valence electrons. The zero-order valence-corrected chi connectivity index (χ0v) is 12.2. The van der Waals surface area contributed by atoms with E-state index in [-0.39, 0.29) is 5.56 Å². The monoisotopic (exact) mass is 292 g/mol. The summed E-state index contributed by atoms with van der Waals surface area (Å²) < 4.78 is 2.41. The second-order valence-electron chi connectivity index (χ2n) is 5.04. The normalized spacial score (nSPS) is 12.5. The van der Waals surface area contributed by atoms with Crippen LogP contribution >= 0.6 is 11.3 Å². The number of imidazole rings is 1. The molecule has 4 aromatic rings. The largest absolute Gasteiger partial charge is 0.274 e. The first-order valence-electron chi connectivity index (χ1n) is 6.71. The van der Waals surface area contributed by atoms with Gasteiger partial charge in [0.2, 0.25) is 0 Å². The molecule has 0 unspecified atom stereocenters. The maximum atomic E-state index is 12.6. The molecule has 0 saturated heterocycles. The van der Waals surface area contributed by atoms with Gasteiger partial charge >= 0.3 is 0 Å². The van der Waals surface area contributed by atoms with Crippen molar-refractivity contribution in [2.24, 2.45) is 0 Å². The Hall–Kier alpha value is -2.46. The Morgan fingerprint density at radius 3 is 2.67 bits per heavy atom. The summed E-state index contributed by atoms with van der Waals surface area (Å²) >= 11 is 1.43. The number of aryl methyl sites for hydroxylation is 1. The van der Waals surface area contributed by atoms with Gasteiger partial charge in [0.15, 0.2) is 4.96 Å². The van der Waals surface area contributed by atoms with Crippen molar-refractivity contribution in [1.82, 2.24) is 9.38 Å². The van der Waals surface area contributed by atoms with Crippen LogP contribution in [-0.4, -0.2) is 9.38 Å². The number of thiazole rings is 1. The van der Waals surface area contributed by atoms with Gasteiger partial charge in [-0.05, 0) is 30.7 Å². The average molecular weight is 292 g/mol. The molecule has 0 aliphatic rings. The smallest absolute Gasteiger partial charge is 0.267 e. The van der Waals surface area contributed by atoms with Crippen LogP contribution in [0.25, 0.3) is 22.1 Å². The third kappa shape index (κ3) is 1.96. The summed E-state index contributed by atoms with van der Waals surface area (Å²) in [5.74, 6) is 0. The molecule has 0 bridgehead atoms. The van der Waals surface area contributed by atoms with Crippen LogP contribution in [0, 0.1) is 6.92 Å². The maximum Gasteiger partial charge on any atom is 0.274 e. The molecule has 0 amide bonds. The highest BCUT2D eigenvalue weighted by Gasteiger charge is 2.10. The molecule has 0 radical (unpaired) electrons. The molecule has 0 N–H and O–H groups in total. The van der Waals surface area contributed by atoms with E-state index >= 15 is 0 Å². The number of rotatable bonds is 1. The van der Waals surface area contributed by atoms with Crippen molar-refractivity contribution in [2.75, 3.05) is 0 Å². The van der Waals surface area contributed by atoms with Gasteiger partial charge < -0.3 is 0 Å². The zero-order valence-electron chi connectivity index (χ0n) is 11.4. The van der Waals surface area contributed by atoms with E-state index < -0.39 is 0 Å². The summed E-state index contributed by atoms with van der Waals surface area (Å²) in [4.78, 5) is 17.8. The first-order chi connectivity index (χ1) is 10.2. The van der Waals surface area contributed by atoms with Crippen LogP contribution in [0.1, 0.15) is 11.1 Å². The van der Waals surface area contributed by atoms with Crippen LogP contribution in [0.3, 0.4) is 0 Å². The SMILES string of the molecule is Cc1ccc(/C=c2\sc3nc4ccccc4n3c2=O)cc1. The van der Waals surface area contributed by atoms with Crippen LogP contribution in [0.5, 0.6) is 0 Å². The Labute approximate surface area is 124 Å². The number of fused-ring (bicyclic) bond motifs is 3. The van der Waals surface area contributed by atoms with Gasteiger partial charge in [-0.25, -0.2) is 9.38 Å². The minimum absolute atomic E-state index is 0.00396. The Morgan fingerprint density at radius 2 is 1.86 bits per heavy atom. The summed E-state index contributed by atoms with van der Waals surface area (Å²) in [6, 6.07) is 15.9. The minimum atomic E-state index is 0.00396. The van der Waals surface area contributed by atoms with Gasteiger partial charge in [-0.15, -0.1) is 0 Å². The molecular weight excluding hydrogens is 280 g/mol. The van der Waals surface area contributed by atoms with Crippen LogP contribution in [-0.2, 0) is 0 Å². The lowest BCUT2D eigenvalue weighted by atomic mass is 10.1. The van der Waals surface area contributed by atoms with E-state index in [0.717, 1.165) is 21.6 Å². The molecule has 2 aromatic carbocycles. The van der Waals surface area contributed by atoms with E-state index in [0.29, 0.717) is 4.53 Å². The maximum absolute atomic E-state index is 12.6. The fourth-order valence-corrected chi connectivity index (χ4v) is 3.41. The summed E-state index contributed by atoms with van der Waals surface area (Å²) in [6.45, 7) is 2.05. The number of nitrogens with zero attached hydrogens (tertiary/aromatic N) is 2. The van der Waals surface area contributed by atoms with Crippen LogP contribution < -0.4 is 10.1 Å². The number of aromatic nitrogens is 2. The summed E-state index contributed by atoms with van der Waals surface area (Å²) in [7, 11) is 0. The van der Waals surface area contributed by atoms with E-state index in [9.17, 15) is 4.79 Å². The number of hydrogen-bond acceptors (Lipinski definition) is 3. The highest BCUT2D eigenvalue weighted by atomic mass is 32.1. The second kappa shape index (κ2) is 4.53. The first-order valence-corrected chi connectivity index (χ1v) is 7.52. The molecular formula is C17H12N2OS. The summed E-state index contributed by atoms with van der Waals surface area (Å²) in [5.41, 5.74) is 3.98. The lowest BCUT2D eigenvalue weighted by Gasteiger charge is -1.92. The zero-order chi connectivity index (χ0) is 14.4. The van der Waals surface area contributed by atoms with E-state index in [1.807, 2.05) is 61.5 Å². The Morgan fingerprint density at radius 1 is 1.10 bits per heavy atom. The standard InChI is InChI=1S/C17H12N2OS/c1-11-6-8-12(9-7-11)10-15-16(20)19-14-5-3-2-4-13(14)18-17(19)21-15/h2-10H,1H3/b15-10-. The highest BCUT2D eigenvalue weighted by molar-refractivity contribution is 7.15. The first kappa shape index (κ1) is 12.3. The molecule has 3 nitrogen and oxygen atoms in total. The molecule has 0 saturated carbocycles. The quantitative estimate of drug-likeness (QED) is 0.540. The van der Waals surface area contributed by atoms with E-state index in [1.54, 1.807) is 4.40 Å². The van der Waals surface area contributed by atoms with Gasteiger partial charge in [0, 0.05) is 0 Å². The van der Waals surface area contributed by atoms with Crippen LogP contribution in [0.4, 0.5) is 0 Å².